The molecular weight excluding hydrogens is 268 g/mol. The Morgan fingerprint density at radius 2 is 1.95 bits per heavy atom. The summed E-state index contributed by atoms with van der Waals surface area (Å²) < 4.78 is 0. The number of hydrogen-bond donors (Lipinski definition) is 3. The van der Waals surface area contributed by atoms with Gasteiger partial charge in [0, 0.05) is 6.04 Å². The Bertz CT molecular complexity index is 514. The summed E-state index contributed by atoms with van der Waals surface area (Å²) in [6.45, 7) is 4.24. The largest absolute Gasteiger partial charge is 0.479 e. The molecule has 1 aliphatic carbocycles. The molecule has 0 radical (unpaired) electrons. The number of carbonyl (C=O) groups is 2. The van der Waals surface area contributed by atoms with Crippen LogP contribution in [0.1, 0.15) is 44.7 Å². The fraction of sp³-hybridized carbons (Fsp3) is 0.500. The van der Waals surface area contributed by atoms with Crippen LogP contribution in [0.3, 0.4) is 0 Å². The first kappa shape index (κ1) is 15.4. The van der Waals surface area contributed by atoms with Gasteiger partial charge in [-0.2, -0.15) is 0 Å². The van der Waals surface area contributed by atoms with E-state index in [2.05, 4.69) is 24.5 Å². The van der Waals surface area contributed by atoms with Crippen molar-refractivity contribution < 1.29 is 14.7 Å². The maximum absolute atomic E-state index is 12.1. The number of aliphatic carboxylic acids is 1. The average Bonchev–Trinajstić information content (AvgIpc) is 2.76. The lowest BCUT2D eigenvalue weighted by atomic mass is 9.87. The van der Waals surface area contributed by atoms with E-state index in [1.165, 1.54) is 0 Å². The van der Waals surface area contributed by atoms with Gasteiger partial charge in [-0.25, -0.2) is 9.59 Å². The highest BCUT2D eigenvalue weighted by Gasteiger charge is 2.36. The Hall–Kier alpha value is -2.04. The van der Waals surface area contributed by atoms with Crippen molar-refractivity contribution in [1.29, 1.82) is 0 Å². The van der Waals surface area contributed by atoms with Crippen LogP contribution in [0, 0.1) is 5.41 Å². The van der Waals surface area contributed by atoms with Crippen LogP contribution in [0.25, 0.3) is 0 Å². The second-order valence-electron chi connectivity index (χ2n) is 6.23. The van der Waals surface area contributed by atoms with Crippen molar-refractivity contribution in [2.45, 2.75) is 45.2 Å². The number of carbonyl (C=O) groups excluding carboxylic acids is 1. The van der Waals surface area contributed by atoms with Gasteiger partial charge in [-0.15, -0.1) is 0 Å². The summed E-state index contributed by atoms with van der Waals surface area (Å²) in [7, 11) is 0. The van der Waals surface area contributed by atoms with Crippen LogP contribution in [0.4, 0.5) is 4.79 Å². The van der Waals surface area contributed by atoms with Crippen molar-refractivity contribution in [1.82, 2.24) is 10.6 Å². The molecule has 21 heavy (non-hydrogen) atoms. The van der Waals surface area contributed by atoms with Gasteiger partial charge >= 0.3 is 12.0 Å². The highest BCUT2D eigenvalue weighted by atomic mass is 16.4. The molecule has 1 aromatic carbocycles. The number of nitrogens with one attached hydrogen (secondary N) is 2. The summed E-state index contributed by atoms with van der Waals surface area (Å²) >= 11 is 0. The summed E-state index contributed by atoms with van der Waals surface area (Å²) in [6.07, 6.45) is 3.08. The Kier molecular flexibility index (Phi) is 4.50. The molecule has 3 N–H and O–H groups in total. The van der Waals surface area contributed by atoms with E-state index in [9.17, 15) is 14.7 Å². The zero-order valence-electron chi connectivity index (χ0n) is 12.4. The smallest absolute Gasteiger partial charge is 0.330 e. The molecule has 0 bridgehead atoms. The van der Waals surface area contributed by atoms with Crippen molar-refractivity contribution >= 4 is 12.0 Å². The van der Waals surface area contributed by atoms with E-state index in [-0.39, 0.29) is 11.5 Å². The predicted octanol–water partition coefficient (Wildman–Crippen LogP) is 2.69. The third-order valence-corrected chi connectivity index (χ3v) is 4.22. The standard InChI is InChI=1S/C16H22N2O3/c1-16(2)10-6-9-12(16)17-15(21)18-13(14(19)20)11-7-4-3-5-8-11/h3-5,7-8,12-13H,6,9-10H2,1-2H3,(H,19,20)(H2,17,18,21). The van der Waals surface area contributed by atoms with E-state index in [0.717, 1.165) is 19.3 Å². The van der Waals surface area contributed by atoms with Crippen LogP contribution < -0.4 is 10.6 Å². The molecule has 1 aliphatic rings. The number of benzene rings is 1. The van der Waals surface area contributed by atoms with Crippen LogP contribution in [-0.2, 0) is 4.79 Å². The van der Waals surface area contributed by atoms with Crippen LogP contribution in [-0.4, -0.2) is 23.1 Å². The summed E-state index contributed by atoms with van der Waals surface area (Å²) in [5.41, 5.74) is 0.619. The average molecular weight is 290 g/mol. The van der Waals surface area contributed by atoms with Gasteiger partial charge in [-0.3, -0.25) is 0 Å². The number of carboxylic acid groups (broad SMARTS) is 1. The summed E-state index contributed by atoms with van der Waals surface area (Å²) in [6, 6.07) is 7.33. The summed E-state index contributed by atoms with van der Waals surface area (Å²) in [5, 5.41) is 14.8. The van der Waals surface area contributed by atoms with Gasteiger partial charge in [0.1, 0.15) is 0 Å². The van der Waals surface area contributed by atoms with E-state index < -0.39 is 18.0 Å². The topological polar surface area (TPSA) is 78.4 Å². The molecule has 0 heterocycles. The molecule has 2 atom stereocenters. The number of amides is 2. The molecule has 1 saturated carbocycles. The molecule has 5 nitrogen and oxygen atoms in total. The van der Waals surface area contributed by atoms with Gasteiger partial charge in [0.2, 0.25) is 0 Å². The van der Waals surface area contributed by atoms with Crippen LogP contribution in [0.5, 0.6) is 0 Å². The minimum atomic E-state index is -1.07. The SMILES string of the molecule is CC1(C)CCCC1NC(=O)NC(C(=O)O)c1ccccc1. The number of urea groups is 1. The van der Waals surface area contributed by atoms with E-state index in [0.29, 0.717) is 5.56 Å². The molecule has 0 aliphatic heterocycles. The predicted molar refractivity (Wildman–Crippen MR) is 79.9 cm³/mol. The lowest BCUT2D eigenvalue weighted by Crippen LogP contribution is -2.48. The molecular formula is C16H22N2O3. The van der Waals surface area contributed by atoms with E-state index in [1.54, 1.807) is 24.3 Å². The highest BCUT2D eigenvalue weighted by Crippen LogP contribution is 2.37. The normalized spacial score (nSPS) is 21.5. The van der Waals surface area contributed by atoms with Crippen LogP contribution in [0.15, 0.2) is 30.3 Å². The van der Waals surface area contributed by atoms with Crippen LogP contribution in [0.2, 0.25) is 0 Å². The molecule has 2 amide bonds. The number of rotatable bonds is 4. The second kappa shape index (κ2) is 6.16. The number of hydrogen-bond acceptors (Lipinski definition) is 2. The van der Waals surface area contributed by atoms with Crippen molar-refractivity contribution in [3.63, 3.8) is 0 Å². The zero-order valence-corrected chi connectivity index (χ0v) is 12.4. The number of carboxylic acids is 1. The molecule has 5 heteroatoms. The minimum Gasteiger partial charge on any atom is -0.479 e. The van der Waals surface area contributed by atoms with Crippen molar-refractivity contribution in [2.75, 3.05) is 0 Å². The monoisotopic (exact) mass is 290 g/mol. The van der Waals surface area contributed by atoms with Crippen molar-refractivity contribution in [3.05, 3.63) is 35.9 Å². The molecule has 0 spiro atoms. The molecule has 1 fully saturated rings. The van der Waals surface area contributed by atoms with Crippen molar-refractivity contribution in [2.24, 2.45) is 5.41 Å². The lowest BCUT2D eigenvalue weighted by molar-refractivity contribution is -0.139. The van der Waals surface area contributed by atoms with E-state index >= 15 is 0 Å². The second-order valence-corrected chi connectivity index (χ2v) is 6.23. The van der Waals surface area contributed by atoms with Crippen molar-refractivity contribution in [3.8, 4) is 0 Å². The fourth-order valence-corrected chi connectivity index (χ4v) is 2.86. The Balaban J connectivity index is 2.01. The van der Waals surface area contributed by atoms with Gasteiger partial charge in [0.25, 0.3) is 0 Å². The maximum atomic E-state index is 12.1. The minimum absolute atomic E-state index is 0.0583. The Labute approximate surface area is 124 Å². The first-order valence-corrected chi connectivity index (χ1v) is 7.25. The quantitative estimate of drug-likeness (QED) is 0.797. The summed E-state index contributed by atoms with van der Waals surface area (Å²) in [5.74, 6) is -1.07. The lowest BCUT2D eigenvalue weighted by Gasteiger charge is -2.28. The first-order chi connectivity index (χ1) is 9.90. The Morgan fingerprint density at radius 3 is 2.48 bits per heavy atom. The molecule has 1 aromatic rings. The van der Waals surface area contributed by atoms with Gasteiger partial charge in [0.15, 0.2) is 6.04 Å². The molecule has 0 saturated heterocycles. The zero-order chi connectivity index (χ0) is 15.5. The fourth-order valence-electron chi connectivity index (χ4n) is 2.86. The Morgan fingerprint density at radius 1 is 1.29 bits per heavy atom. The van der Waals surface area contributed by atoms with Gasteiger partial charge in [-0.1, -0.05) is 50.6 Å². The molecule has 2 rings (SSSR count). The third kappa shape index (κ3) is 3.74. The third-order valence-electron chi connectivity index (χ3n) is 4.22. The van der Waals surface area contributed by atoms with Gasteiger partial charge in [0.05, 0.1) is 0 Å². The molecule has 114 valence electrons. The molecule has 0 aromatic heterocycles. The van der Waals surface area contributed by atoms with E-state index in [1.807, 2.05) is 6.07 Å². The van der Waals surface area contributed by atoms with Gasteiger partial charge in [-0.05, 0) is 23.8 Å². The maximum Gasteiger partial charge on any atom is 0.330 e. The van der Waals surface area contributed by atoms with E-state index in [4.69, 9.17) is 0 Å². The van der Waals surface area contributed by atoms with Crippen LogP contribution >= 0.6 is 0 Å². The highest BCUT2D eigenvalue weighted by molar-refractivity contribution is 5.83. The molecule has 2 unspecified atom stereocenters. The summed E-state index contributed by atoms with van der Waals surface area (Å²) in [4.78, 5) is 23.4. The van der Waals surface area contributed by atoms with Gasteiger partial charge < -0.3 is 15.7 Å². The first-order valence-electron chi connectivity index (χ1n) is 7.25.